The molecule has 0 unspecified atom stereocenters. The van der Waals surface area contributed by atoms with Crippen LogP contribution >= 0.6 is 0 Å². The molecule has 2 N–H and O–H groups in total. The van der Waals surface area contributed by atoms with E-state index in [1.807, 2.05) is 0 Å². The molecule has 0 bridgehead atoms. The van der Waals surface area contributed by atoms with Gasteiger partial charge in [-0.1, -0.05) is 0 Å². The molecule has 9 heteroatoms. The summed E-state index contributed by atoms with van der Waals surface area (Å²) in [5, 5.41) is 16.9. The van der Waals surface area contributed by atoms with E-state index in [0.29, 0.717) is 18.1 Å². The van der Waals surface area contributed by atoms with Gasteiger partial charge in [0.2, 0.25) is 0 Å². The average Bonchev–Trinajstić information content (AvgIpc) is 2.67. The third kappa shape index (κ3) is 5.00. The van der Waals surface area contributed by atoms with E-state index >= 15 is 0 Å². The molecule has 0 spiro atoms. The zero-order valence-electron chi connectivity index (χ0n) is 15.0. The number of hydrogen-bond acceptors (Lipinski definition) is 8. The molecular weight excluding hydrogens is 352 g/mol. The minimum Gasteiger partial charge on any atom is -0.466 e. The number of esters is 1. The normalized spacial score (nSPS) is 10.1. The van der Waals surface area contributed by atoms with E-state index in [1.54, 1.807) is 26.1 Å². The lowest BCUT2D eigenvalue weighted by molar-refractivity contribution is -0.384. The maximum absolute atomic E-state index is 12.8. The Labute approximate surface area is 155 Å². The number of nitro benzene ring substituents is 1. The smallest absolute Gasteiger partial charge is 0.307 e. The number of hydrogen-bond donors (Lipinski definition) is 2. The van der Waals surface area contributed by atoms with Crippen molar-refractivity contribution in [2.45, 2.75) is 13.3 Å². The molecule has 2 rings (SSSR count). The number of benzene rings is 1. The van der Waals surface area contributed by atoms with Crippen LogP contribution in [0.5, 0.6) is 0 Å². The van der Waals surface area contributed by atoms with Crippen molar-refractivity contribution in [3.63, 3.8) is 0 Å². The van der Waals surface area contributed by atoms with Crippen LogP contribution in [0.4, 0.5) is 17.2 Å². The second-order valence-corrected chi connectivity index (χ2v) is 5.45. The molecule has 0 radical (unpaired) electrons. The second kappa shape index (κ2) is 9.27. The van der Waals surface area contributed by atoms with Gasteiger partial charge in [-0.15, -0.1) is 0 Å². The zero-order valence-corrected chi connectivity index (χ0v) is 15.0. The van der Waals surface area contributed by atoms with E-state index in [-0.39, 0.29) is 35.7 Å². The minimum atomic E-state index is -0.551. The Morgan fingerprint density at radius 3 is 2.74 bits per heavy atom. The van der Waals surface area contributed by atoms with E-state index in [4.69, 9.17) is 4.74 Å². The van der Waals surface area contributed by atoms with Gasteiger partial charge in [-0.2, -0.15) is 0 Å². The Hall–Kier alpha value is -3.49. The number of pyridine rings is 1. The van der Waals surface area contributed by atoms with Gasteiger partial charge in [0.1, 0.15) is 11.5 Å². The van der Waals surface area contributed by atoms with Gasteiger partial charge < -0.3 is 15.4 Å². The van der Waals surface area contributed by atoms with Crippen LogP contribution in [0.3, 0.4) is 0 Å². The van der Waals surface area contributed by atoms with Gasteiger partial charge in [0.15, 0.2) is 5.78 Å². The van der Waals surface area contributed by atoms with Gasteiger partial charge in [0.05, 0.1) is 23.5 Å². The highest BCUT2D eigenvalue weighted by Crippen LogP contribution is 2.27. The van der Waals surface area contributed by atoms with Crippen LogP contribution in [-0.2, 0) is 9.53 Å². The van der Waals surface area contributed by atoms with Gasteiger partial charge in [-0.25, -0.2) is 4.98 Å². The molecule has 0 fully saturated rings. The molecule has 9 nitrogen and oxygen atoms in total. The molecule has 0 amide bonds. The number of ether oxygens (including phenoxy) is 1. The van der Waals surface area contributed by atoms with E-state index < -0.39 is 10.7 Å². The van der Waals surface area contributed by atoms with Crippen molar-refractivity contribution in [3.8, 4) is 0 Å². The van der Waals surface area contributed by atoms with Crippen LogP contribution in [-0.4, -0.2) is 41.9 Å². The van der Waals surface area contributed by atoms with E-state index in [9.17, 15) is 19.7 Å². The largest absolute Gasteiger partial charge is 0.466 e. The summed E-state index contributed by atoms with van der Waals surface area (Å²) in [4.78, 5) is 39.0. The van der Waals surface area contributed by atoms with Gasteiger partial charge in [0, 0.05) is 31.4 Å². The second-order valence-electron chi connectivity index (χ2n) is 5.45. The Balaban J connectivity index is 2.23. The molecule has 0 aliphatic rings. The molecule has 1 heterocycles. The fourth-order valence-corrected chi connectivity index (χ4v) is 2.44. The van der Waals surface area contributed by atoms with Crippen molar-refractivity contribution in [3.05, 3.63) is 57.8 Å². The fraction of sp³-hybridized carbons (Fsp3) is 0.278. The molecule has 1 aromatic carbocycles. The Morgan fingerprint density at radius 1 is 1.30 bits per heavy atom. The number of anilines is 2. The maximum Gasteiger partial charge on any atom is 0.307 e. The first-order chi connectivity index (χ1) is 13.0. The van der Waals surface area contributed by atoms with Crippen LogP contribution in [0, 0.1) is 10.1 Å². The van der Waals surface area contributed by atoms with Gasteiger partial charge >= 0.3 is 5.97 Å². The topological polar surface area (TPSA) is 123 Å². The number of rotatable bonds is 9. The summed E-state index contributed by atoms with van der Waals surface area (Å²) in [7, 11) is 1.57. The number of ketones is 1. The van der Waals surface area contributed by atoms with Crippen molar-refractivity contribution in [2.24, 2.45) is 0 Å². The summed E-state index contributed by atoms with van der Waals surface area (Å²) in [6.45, 7) is 2.27. The van der Waals surface area contributed by atoms with Crippen LogP contribution in [0.2, 0.25) is 0 Å². The third-order valence-corrected chi connectivity index (χ3v) is 3.71. The average molecular weight is 372 g/mol. The van der Waals surface area contributed by atoms with E-state index in [1.165, 1.54) is 24.4 Å². The monoisotopic (exact) mass is 372 g/mol. The predicted molar refractivity (Wildman–Crippen MR) is 100 cm³/mol. The number of carbonyl (C=O) groups is 2. The molecule has 1 aromatic heterocycles. The summed E-state index contributed by atoms with van der Waals surface area (Å²) in [5.74, 6) is -0.466. The third-order valence-electron chi connectivity index (χ3n) is 3.71. The Kier molecular flexibility index (Phi) is 6.81. The molecule has 0 aliphatic heterocycles. The number of aromatic nitrogens is 1. The molecule has 27 heavy (non-hydrogen) atoms. The summed E-state index contributed by atoms with van der Waals surface area (Å²) in [6.07, 6.45) is 1.64. The van der Waals surface area contributed by atoms with Crippen LogP contribution in [0.25, 0.3) is 0 Å². The first-order valence-electron chi connectivity index (χ1n) is 8.33. The van der Waals surface area contributed by atoms with Crippen molar-refractivity contribution in [1.82, 2.24) is 4.98 Å². The highest BCUT2D eigenvalue weighted by Gasteiger charge is 2.20. The first kappa shape index (κ1) is 19.8. The van der Waals surface area contributed by atoms with Gasteiger partial charge in [-0.3, -0.25) is 19.7 Å². The standard InChI is InChI=1S/C18H20N4O5/c1-3-27-16(23)8-10-21-18-13(5-4-9-20-18)17(24)12-6-7-14(19-2)15(11-12)22(25)26/h4-7,9,11,19H,3,8,10H2,1-2H3,(H,20,21). The molecule has 0 atom stereocenters. The predicted octanol–water partition coefficient (Wildman–Crippen LogP) is 2.63. The lowest BCUT2D eigenvalue weighted by Crippen LogP contribution is -2.14. The van der Waals surface area contributed by atoms with Crippen LogP contribution < -0.4 is 10.6 Å². The maximum atomic E-state index is 12.8. The quantitative estimate of drug-likeness (QED) is 0.298. The molecular formula is C18H20N4O5. The highest BCUT2D eigenvalue weighted by atomic mass is 16.6. The van der Waals surface area contributed by atoms with E-state index in [0.717, 1.165) is 0 Å². The molecule has 0 saturated heterocycles. The minimum absolute atomic E-state index is 0.125. The summed E-state index contributed by atoms with van der Waals surface area (Å²) in [5.41, 5.74) is 0.551. The number of nitrogens with one attached hydrogen (secondary N) is 2. The molecule has 0 aliphatic carbocycles. The van der Waals surface area contributed by atoms with Crippen molar-refractivity contribution in [2.75, 3.05) is 30.8 Å². The fourth-order valence-electron chi connectivity index (χ4n) is 2.44. The lowest BCUT2D eigenvalue weighted by Gasteiger charge is -2.10. The summed E-state index contributed by atoms with van der Waals surface area (Å²) in [6, 6.07) is 7.38. The van der Waals surface area contributed by atoms with Crippen LogP contribution in [0.15, 0.2) is 36.5 Å². The number of nitrogens with zero attached hydrogens (tertiary/aromatic N) is 2. The van der Waals surface area contributed by atoms with Crippen LogP contribution in [0.1, 0.15) is 29.3 Å². The van der Waals surface area contributed by atoms with Crippen molar-refractivity contribution >= 4 is 28.9 Å². The Morgan fingerprint density at radius 2 is 2.07 bits per heavy atom. The summed E-state index contributed by atoms with van der Waals surface area (Å²) < 4.78 is 4.85. The van der Waals surface area contributed by atoms with Crippen molar-refractivity contribution in [1.29, 1.82) is 0 Å². The van der Waals surface area contributed by atoms with Gasteiger partial charge in [-0.05, 0) is 31.2 Å². The van der Waals surface area contributed by atoms with Gasteiger partial charge in [0.25, 0.3) is 5.69 Å². The Bertz CT molecular complexity index is 853. The molecule has 142 valence electrons. The molecule has 0 saturated carbocycles. The lowest BCUT2D eigenvalue weighted by atomic mass is 10.0. The number of nitro groups is 1. The van der Waals surface area contributed by atoms with E-state index in [2.05, 4.69) is 15.6 Å². The first-order valence-corrected chi connectivity index (χ1v) is 8.33. The summed E-state index contributed by atoms with van der Waals surface area (Å²) >= 11 is 0. The highest BCUT2D eigenvalue weighted by molar-refractivity contribution is 6.12. The van der Waals surface area contributed by atoms with Crippen molar-refractivity contribution < 1.29 is 19.2 Å². The molecule has 2 aromatic rings. The SMILES string of the molecule is CCOC(=O)CCNc1ncccc1C(=O)c1ccc(NC)c([N+](=O)[O-])c1. The zero-order chi connectivity index (χ0) is 19.8. The number of carbonyl (C=O) groups excluding carboxylic acids is 2.